The van der Waals surface area contributed by atoms with Crippen molar-refractivity contribution in [2.75, 3.05) is 17.7 Å². The first-order chi connectivity index (χ1) is 8.36. The highest BCUT2D eigenvalue weighted by Crippen LogP contribution is 2.34. The van der Waals surface area contributed by atoms with Crippen LogP contribution in [-0.4, -0.2) is 7.11 Å². The number of fused-ring (bicyclic) bond motifs is 2. The summed E-state index contributed by atoms with van der Waals surface area (Å²) >= 11 is 0. The Hall–Kier alpha value is -2.16. The highest BCUT2D eigenvalue weighted by molar-refractivity contribution is 5.79. The predicted molar refractivity (Wildman–Crippen MR) is 70.0 cm³/mol. The molecule has 2 aromatic rings. The Balaban J connectivity index is 2.05. The van der Waals surface area contributed by atoms with E-state index in [1.807, 2.05) is 24.3 Å². The zero-order valence-electron chi connectivity index (χ0n) is 9.66. The number of benzene rings is 2. The Morgan fingerprint density at radius 3 is 2.76 bits per heavy atom. The Bertz CT molecular complexity index is 552. The molecule has 2 N–H and O–H groups in total. The summed E-state index contributed by atoms with van der Waals surface area (Å²) in [5.74, 6) is 0.859. The number of para-hydroxylation sites is 1. The van der Waals surface area contributed by atoms with Crippen molar-refractivity contribution in [1.29, 1.82) is 0 Å². The van der Waals surface area contributed by atoms with E-state index in [1.54, 1.807) is 7.11 Å². The van der Waals surface area contributed by atoms with Gasteiger partial charge in [-0.3, -0.25) is 0 Å². The molecule has 0 saturated carbocycles. The van der Waals surface area contributed by atoms with E-state index in [0.29, 0.717) is 0 Å². The van der Waals surface area contributed by atoms with Crippen LogP contribution in [0.2, 0.25) is 0 Å². The van der Waals surface area contributed by atoms with E-state index in [0.717, 1.165) is 29.4 Å². The molecule has 0 amide bonds. The molecular weight excluding hydrogens is 212 g/mol. The van der Waals surface area contributed by atoms with Gasteiger partial charge in [-0.15, -0.1) is 0 Å². The summed E-state index contributed by atoms with van der Waals surface area (Å²) < 4.78 is 5.24. The van der Waals surface area contributed by atoms with Crippen molar-refractivity contribution in [3.8, 4) is 5.75 Å². The number of nitrogens with one attached hydrogen (secondary N) is 2. The third kappa shape index (κ3) is 1.80. The third-order valence-corrected chi connectivity index (χ3v) is 2.98. The average molecular weight is 226 g/mol. The molecule has 0 radical (unpaired) electrons. The van der Waals surface area contributed by atoms with Crippen molar-refractivity contribution in [1.82, 2.24) is 0 Å². The van der Waals surface area contributed by atoms with E-state index in [4.69, 9.17) is 4.74 Å². The summed E-state index contributed by atoms with van der Waals surface area (Å²) in [5.41, 5.74) is 4.56. The van der Waals surface area contributed by atoms with Crippen molar-refractivity contribution in [3.63, 3.8) is 0 Å². The quantitative estimate of drug-likeness (QED) is 0.782. The Labute approximate surface area is 100 Å². The molecule has 1 aliphatic heterocycles. The van der Waals surface area contributed by atoms with Crippen LogP contribution in [0.3, 0.4) is 0 Å². The van der Waals surface area contributed by atoms with Crippen molar-refractivity contribution >= 4 is 17.1 Å². The number of rotatable bonds is 1. The van der Waals surface area contributed by atoms with Crippen LogP contribution in [0, 0.1) is 0 Å². The first-order valence-corrected chi connectivity index (χ1v) is 5.63. The van der Waals surface area contributed by atoms with Gasteiger partial charge in [0.15, 0.2) is 0 Å². The van der Waals surface area contributed by atoms with Gasteiger partial charge in [-0.1, -0.05) is 18.2 Å². The number of methoxy groups -OCH3 is 1. The molecule has 0 aliphatic carbocycles. The molecule has 1 heterocycles. The SMILES string of the molecule is COc1ccc2c(c1)Nc1ccccc1CN2. The maximum atomic E-state index is 5.24. The van der Waals surface area contributed by atoms with Gasteiger partial charge in [0.1, 0.15) is 5.75 Å². The summed E-state index contributed by atoms with van der Waals surface area (Å²) in [6, 6.07) is 14.3. The van der Waals surface area contributed by atoms with Gasteiger partial charge in [0.25, 0.3) is 0 Å². The minimum absolute atomic E-state index is 0.836. The zero-order valence-corrected chi connectivity index (χ0v) is 9.66. The van der Waals surface area contributed by atoms with Crippen molar-refractivity contribution < 1.29 is 4.74 Å². The molecule has 0 bridgehead atoms. The molecule has 0 saturated heterocycles. The fourth-order valence-electron chi connectivity index (χ4n) is 2.04. The summed E-state index contributed by atoms with van der Waals surface area (Å²) in [6.45, 7) is 0.836. The van der Waals surface area contributed by atoms with Gasteiger partial charge >= 0.3 is 0 Å². The van der Waals surface area contributed by atoms with Crippen molar-refractivity contribution in [3.05, 3.63) is 48.0 Å². The summed E-state index contributed by atoms with van der Waals surface area (Å²) in [7, 11) is 1.68. The summed E-state index contributed by atoms with van der Waals surface area (Å²) in [6.07, 6.45) is 0. The molecule has 0 unspecified atom stereocenters. The first-order valence-electron chi connectivity index (χ1n) is 5.63. The molecule has 0 aromatic heterocycles. The second kappa shape index (κ2) is 4.01. The minimum Gasteiger partial charge on any atom is -0.497 e. The lowest BCUT2D eigenvalue weighted by Crippen LogP contribution is -1.97. The van der Waals surface area contributed by atoms with Crippen LogP contribution in [0.15, 0.2) is 42.5 Å². The molecule has 0 fully saturated rings. The van der Waals surface area contributed by atoms with Gasteiger partial charge in [0.2, 0.25) is 0 Å². The van der Waals surface area contributed by atoms with Crippen LogP contribution < -0.4 is 15.4 Å². The van der Waals surface area contributed by atoms with Crippen LogP contribution >= 0.6 is 0 Å². The highest BCUT2D eigenvalue weighted by atomic mass is 16.5. The number of hydrogen-bond acceptors (Lipinski definition) is 3. The Morgan fingerprint density at radius 1 is 1.00 bits per heavy atom. The molecule has 3 heteroatoms. The molecule has 86 valence electrons. The molecule has 2 aromatic carbocycles. The van der Waals surface area contributed by atoms with Crippen LogP contribution in [-0.2, 0) is 6.54 Å². The van der Waals surface area contributed by atoms with E-state index in [1.165, 1.54) is 5.56 Å². The van der Waals surface area contributed by atoms with Crippen molar-refractivity contribution in [2.24, 2.45) is 0 Å². The summed E-state index contributed by atoms with van der Waals surface area (Å²) in [4.78, 5) is 0. The standard InChI is InChI=1S/C14H14N2O/c1-17-11-6-7-13-14(8-11)16-12-5-3-2-4-10(12)9-15-13/h2-8,15-16H,9H2,1H3. The van der Waals surface area contributed by atoms with Crippen LogP contribution in [0.25, 0.3) is 0 Å². The van der Waals surface area contributed by atoms with Crippen LogP contribution in [0.1, 0.15) is 5.56 Å². The second-order valence-corrected chi connectivity index (χ2v) is 4.05. The molecule has 0 atom stereocenters. The third-order valence-electron chi connectivity index (χ3n) is 2.98. The van der Waals surface area contributed by atoms with E-state index in [2.05, 4.69) is 28.8 Å². The molecule has 0 spiro atoms. The lowest BCUT2D eigenvalue weighted by molar-refractivity contribution is 0.415. The predicted octanol–water partition coefficient (Wildman–Crippen LogP) is 3.36. The Morgan fingerprint density at radius 2 is 1.88 bits per heavy atom. The van der Waals surface area contributed by atoms with Gasteiger partial charge in [0, 0.05) is 18.3 Å². The number of ether oxygens (including phenoxy) is 1. The lowest BCUT2D eigenvalue weighted by Gasteiger charge is -2.10. The molecule has 1 aliphatic rings. The fraction of sp³-hybridized carbons (Fsp3) is 0.143. The monoisotopic (exact) mass is 226 g/mol. The number of hydrogen-bond donors (Lipinski definition) is 2. The maximum Gasteiger partial charge on any atom is 0.121 e. The van der Waals surface area contributed by atoms with Gasteiger partial charge in [0.05, 0.1) is 18.5 Å². The fourth-order valence-corrected chi connectivity index (χ4v) is 2.04. The largest absolute Gasteiger partial charge is 0.497 e. The van der Waals surface area contributed by atoms with E-state index in [9.17, 15) is 0 Å². The van der Waals surface area contributed by atoms with Gasteiger partial charge in [-0.25, -0.2) is 0 Å². The normalized spacial score (nSPS) is 12.5. The molecule has 3 rings (SSSR count). The molecular formula is C14H14N2O. The molecule has 3 nitrogen and oxygen atoms in total. The van der Waals surface area contributed by atoms with E-state index < -0.39 is 0 Å². The van der Waals surface area contributed by atoms with Crippen molar-refractivity contribution in [2.45, 2.75) is 6.54 Å². The maximum absolute atomic E-state index is 5.24. The zero-order chi connectivity index (χ0) is 11.7. The molecule has 17 heavy (non-hydrogen) atoms. The lowest BCUT2D eigenvalue weighted by atomic mass is 10.2. The van der Waals surface area contributed by atoms with E-state index in [-0.39, 0.29) is 0 Å². The van der Waals surface area contributed by atoms with Gasteiger partial charge in [-0.05, 0) is 23.8 Å². The summed E-state index contributed by atoms with van der Waals surface area (Å²) in [5, 5.41) is 6.85. The van der Waals surface area contributed by atoms with Crippen LogP contribution in [0.4, 0.5) is 17.1 Å². The smallest absolute Gasteiger partial charge is 0.121 e. The van der Waals surface area contributed by atoms with Crippen LogP contribution in [0.5, 0.6) is 5.75 Å². The first kappa shape index (κ1) is 10.0. The minimum atomic E-state index is 0.836. The second-order valence-electron chi connectivity index (χ2n) is 4.05. The number of anilines is 3. The van der Waals surface area contributed by atoms with Gasteiger partial charge in [-0.2, -0.15) is 0 Å². The highest BCUT2D eigenvalue weighted by Gasteiger charge is 2.11. The average Bonchev–Trinajstić information content (AvgIpc) is 2.56. The Kier molecular flexibility index (Phi) is 2.37. The van der Waals surface area contributed by atoms with Gasteiger partial charge < -0.3 is 15.4 Å². The van der Waals surface area contributed by atoms with E-state index >= 15 is 0 Å². The topological polar surface area (TPSA) is 33.3 Å².